The van der Waals surface area contributed by atoms with Gasteiger partial charge in [0.15, 0.2) is 0 Å². The molecule has 3 nitrogen and oxygen atoms in total. The topological polar surface area (TPSA) is 48.1 Å². The first-order valence-electron chi connectivity index (χ1n) is 6.97. The second-order valence-electron chi connectivity index (χ2n) is 5.89. The summed E-state index contributed by atoms with van der Waals surface area (Å²) in [6.45, 7) is 2.94. The third-order valence-corrected chi connectivity index (χ3v) is 5.47. The second-order valence-corrected chi connectivity index (χ2v) is 6.83. The van der Waals surface area contributed by atoms with Gasteiger partial charge < -0.3 is 10.5 Å². The number of hydrogen-bond donors (Lipinski definition) is 1. The molecule has 0 bridgehead atoms. The molecule has 1 saturated carbocycles. The van der Waals surface area contributed by atoms with Crippen molar-refractivity contribution in [2.45, 2.75) is 57.1 Å². The van der Waals surface area contributed by atoms with E-state index in [1.807, 2.05) is 6.92 Å². The van der Waals surface area contributed by atoms with E-state index >= 15 is 0 Å². The van der Waals surface area contributed by atoms with Crippen molar-refractivity contribution in [1.82, 2.24) is 4.98 Å². The van der Waals surface area contributed by atoms with Crippen LogP contribution in [-0.2, 0) is 11.2 Å². The van der Waals surface area contributed by atoms with Crippen molar-refractivity contribution in [2.75, 3.05) is 6.61 Å². The molecule has 0 aromatic carbocycles. The molecule has 2 unspecified atom stereocenters. The number of aryl methyl sites for hydroxylation is 1. The van der Waals surface area contributed by atoms with E-state index in [2.05, 4.69) is 10.4 Å². The average molecular weight is 266 g/mol. The highest BCUT2D eigenvalue weighted by Crippen LogP contribution is 2.45. The van der Waals surface area contributed by atoms with Crippen LogP contribution in [0.3, 0.4) is 0 Å². The highest BCUT2D eigenvalue weighted by molar-refractivity contribution is 7.09. The van der Waals surface area contributed by atoms with Crippen molar-refractivity contribution in [3.05, 3.63) is 16.1 Å². The van der Waals surface area contributed by atoms with E-state index in [1.54, 1.807) is 11.3 Å². The van der Waals surface area contributed by atoms with Crippen LogP contribution in [0.5, 0.6) is 0 Å². The van der Waals surface area contributed by atoms with Crippen molar-refractivity contribution in [1.29, 1.82) is 0 Å². The van der Waals surface area contributed by atoms with Gasteiger partial charge in [-0.1, -0.05) is 0 Å². The van der Waals surface area contributed by atoms with Crippen molar-refractivity contribution >= 4 is 11.3 Å². The van der Waals surface area contributed by atoms with Crippen LogP contribution in [-0.4, -0.2) is 23.2 Å². The fraction of sp³-hybridized carbons (Fsp3) is 0.786. The Hall–Kier alpha value is -0.450. The van der Waals surface area contributed by atoms with Crippen molar-refractivity contribution in [2.24, 2.45) is 11.7 Å². The molecule has 4 heteroatoms. The Labute approximate surface area is 113 Å². The molecule has 1 aliphatic carbocycles. The smallest absolute Gasteiger partial charge is 0.0943 e. The van der Waals surface area contributed by atoms with Crippen LogP contribution in [0.25, 0.3) is 0 Å². The maximum atomic E-state index is 6.40. The quantitative estimate of drug-likeness (QED) is 0.915. The zero-order valence-electron chi connectivity index (χ0n) is 11.0. The van der Waals surface area contributed by atoms with E-state index in [1.165, 1.54) is 30.7 Å². The number of hydrogen-bond acceptors (Lipinski definition) is 4. The molecule has 1 aromatic heterocycles. The third kappa shape index (κ3) is 2.46. The van der Waals surface area contributed by atoms with Crippen LogP contribution < -0.4 is 5.73 Å². The standard InChI is InChI=1S/C14H22N2OS/c1-10-9-18-13(16-10)7-12(15)11-3-6-17-14(8-11)4-2-5-14/h9,11-12H,2-8,15H2,1H3. The molecular formula is C14H22N2OS. The van der Waals surface area contributed by atoms with E-state index in [0.717, 1.165) is 25.1 Å². The Balaban J connectivity index is 1.60. The van der Waals surface area contributed by atoms with E-state index < -0.39 is 0 Å². The number of nitrogens with zero attached hydrogens (tertiary/aromatic N) is 1. The van der Waals surface area contributed by atoms with Crippen molar-refractivity contribution < 1.29 is 4.74 Å². The zero-order chi connectivity index (χ0) is 12.6. The summed E-state index contributed by atoms with van der Waals surface area (Å²) >= 11 is 1.74. The molecule has 1 saturated heterocycles. The molecule has 18 heavy (non-hydrogen) atoms. The molecule has 1 aromatic rings. The number of thiazole rings is 1. The Morgan fingerprint density at radius 1 is 1.61 bits per heavy atom. The molecule has 0 radical (unpaired) electrons. The van der Waals surface area contributed by atoms with E-state index in [-0.39, 0.29) is 11.6 Å². The summed E-state index contributed by atoms with van der Waals surface area (Å²) in [6.07, 6.45) is 7.03. The minimum atomic E-state index is 0.208. The third-order valence-electron chi connectivity index (χ3n) is 4.48. The molecule has 100 valence electrons. The maximum Gasteiger partial charge on any atom is 0.0943 e. The fourth-order valence-corrected chi connectivity index (χ4v) is 4.06. The molecule has 1 spiro atoms. The molecule has 3 rings (SSSR count). The second kappa shape index (κ2) is 4.91. The van der Waals surface area contributed by atoms with Gasteiger partial charge in [-0.25, -0.2) is 4.98 Å². The highest BCUT2D eigenvalue weighted by Gasteiger charge is 2.43. The first-order valence-corrected chi connectivity index (χ1v) is 7.85. The van der Waals surface area contributed by atoms with Gasteiger partial charge in [-0.15, -0.1) is 11.3 Å². The lowest BCUT2D eigenvalue weighted by molar-refractivity contribution is -0.145. The summed E-state index contributed by atoms with van der Waals surface area (Å²) in [7, 11) is 0. The molecule has 2 N–H and O–H groups in total. The van der Waals surface area contributed by atoms with Gasteiger partial charge in [0, 0.05) is 30.1 Å². The lowest BCUT2D eigenvalue weighted by Crippen LogP contribution is -2.49. The fourth-order valence-electron chi connectivity index (χ4n) is 3.22. The predicted octanol–water partition coefficient (Wildman–Crippen LogP) is 2.67. The largest absolute Gasteiger partial charge is 0.375 e. The maximum absolute atomic E-state index is 6.40. The van der Waals surface area contributed by atoms with Crippen molar-refractivity contribution in [3.63, 3.8) is 0 Å². The predicted molar refractivity (Wildman–Crippen MR) is 73.8 cm³/mol. The minimum Gasteiger partial charge on any atom is -0.375 e. The summed E-state index contributed by atoms with van der Waals surface area (Å²) in [6, 6.07) is 0.247. The van der Waals surface area contributed by atoms with Crippen LogP contribution in [0.1, 0.15) is 42.8 Å². The molecule has 2 heterocycles. The van der Waals surface area contributed by atoms with Crippen molar-refractivity contribution in [3.8, 4) is 0 Å². The van der Waals surface area contributed by atoms with Crippen LogP contribution in [0.4, 0.5) is 0 Å². The van der Waals surface area contributed by atoms with Gasteiger partial charge in [-0.3, -0.25) is 0 Å². The summed E-state index contributed by atoms with van der Waals surface area (Å²) in [5.74, 6) is 0.614. The Morgan fingerprint density at radius 3 is 3.06 bits per heavy atom. The number of aromatic nitrogens is 1. The van der Waals surface area contributed by atoms with Gasteiger partial charge in [-0.2, -0.15) is 0 Å². The summed E-state index contributed by atoms with van der Waals surface area (Å²) in [5, 5.41) is 3.30. The van der Waals surface area contributed by atoms with E-state index in [4.69, 9.17) is 10.5 Å². The van der Waals surface area contributed by atoms with E-state index in [0.29, 0.717) is 5.92 Å². The van der Waals surface area contributed by atoms with Crippen LogP contribution in [0.15, 0.2) is 5.38 Å². The summed E-state index contributed by atoms with van der Waals surface area (Å²) < 4.78 is 5.97. The SMILES string of the molecule is Cc1csc(CC(N)C2CCOC3(CCC3)C2)n1. The minimum absolute atomic E-state index is 0.208. The average Bonchev–Trinajstić information content (AvgIpc) is 2.73. The van der Waals surface area contributed by atoms with Gasteiger partial charge in [0.1, 0.15) is 0 Å². The molecule has 1 aliphatic heterocycles. The van der Waals surface area contributed by atoms with Gasteiger partial charge in [0.2, 0.25) is 0 Å². The normalized spacial score (nSPS) is 28.0. The van der Waals surface area contributed by atoms with Crippen LogP contribution >= 0.6 is 11.3 Å². The molecule has 2 atom stereocenters. The Bertz CT molecular complexity index is 414. The highest BCUT2D eigenvalue weighted by atomic mass is 32.1. The Kier molecular flexibility index (Phi) is 3.43. The van der Waals surface area contributed by atoms with Gasteiger partial charge in [0.05, 0.1) is 10.6 Å². The van der Waals surface area contributed by atoms with Gasteiger partial charge in [-0.05, 0) is 44.9 Å². The first kappa shape index (κ1) is 12.6. The van der Waals surface area contributed by atoms with E-state index in [9.17, 15) is 0 Å². The lowest BCUT2D eigenvalue weighted by Gasteiger charge is -2.48. The van der Waals surface area contributed by atoms with Gasteiger partial charge >= 0.3 is 0 Å². The van der Waals surface area contributed by atoms with Gasteiger partial charge in [0.25, 0.3) is 0 Å². The number of rotatable bonds is 3. The molecular weight excluding hydrogens is 244 g/mol. The number of nitrogens with two attached hydrogens (primary N) is 1. The summed E-state index contributed by atoms with van der Waals surface area (Å²) in [4.78, 5) is 4.52. The monoisotopic (exact) mass is 266 g/mol. The Morgan fingerprint density at radius 2 is 2.44 bits per heavy atom. The van der Waals surface area contributed by atoms with Crippen LogP contribution in [0, 0.1) is 12.8 Å². The lowest BCUT2D eigenvalue weighted by atomic mass is 9.70. The zero-order valence-corrected chi connectivity index (χ0v) is 11.8. The molecule has 2 aliphatic rings. The summed E-state index contributed by atoms with van der Waals surface area (Å²) in [5.41, 5.74) is 7.72. The first-order chi connectivity index (χ1) is 8.67. The number of ether oxygens (including phenoxy) is 1. The molecule has 2 fully saturated rings. The van der Waals surface area contributed by atoms with Crippen LogP contribution in [0.2, 0.25) is 0 Å². The molecule has 0 amide bonds.